The highest BCUT2D eigenvalue weighted by Gasteiger charge is 2.10. The molecule has 29 heavy (non-hydrogen) atoms. The number of non-ortho nitro benzene ring substituents is 1. The molecular weight excluding hydrogens is 364 g/mol. The number of nitrogens with zero attached hydrogens (tertiary/aromatic N) is 2. The molecule has 0 fully saturated rings. The maximum atomic E-state index is 10.9. The number of rotatable bonds is 10. The van der Waals surface area contributed by atoms with Crippen LogP contribution >= 0.6 is 0 Å². The SMILES string of the molecule is COc1cccc(CN(CCCc2ccccc2)Cc2ccc([N+](=O)[O-])cc2)c1. The van der Waals surface area contributed by atoms with Crippen molar-refractivity contribution in [3.63, 3.8) is 0 Å². The van der Waals surface area contributed by atoms with Gasteiger partial charge in [-0.15, -0.1) is 0 Å². The molecule has 0 amide bonds. The summed E-state index contributed by atoms with van der Waals surface area (Å²) in [6.45, 7) is 2.47. The van der Waals surface area contributed by atoms with E-state index in [2.05, 4.69) is 41.3 Å². The largest absolute Gasteiger partial charge is 0.497 e. The highest BCUT2D eigenvalue weighted by atomic mass is 16.6. The first-order chi connectivity index (χ1) is 14.1. The number of hydrogen-bond donors (Lipinski definition) is 0. The van der Waals surface area contributed by atoms with Gasteiger partial charge in [0.1, 0.15) is 5.75 Å². The van der Waals surface area contributed by atoms with E-state index in [0.717, 1.165) is 43.8 Å². The normalized spacial score (nSPS) is 10.8. The second-order valence-electron chi connectivity index (χ2n) is 7.07. The van der Waals surface area contributed by atoms with Gasteiger partial charge in [-0.25, -0.2) is 0 Å². The number of hydrogen-bond acceptors (Lipinski definition) is 4. The van der Waals surface area contributed by atoms with Crippen molar-refractivity contribution in [2.24, 2.45) is 0 Å². The van der Waals surface area contributed by atoms with E-state index in [9.17, 15) is 10.1 Å². The summed E-state index contributed by atoms with van der Waals surface area (Å²) in [5.74, 6) is 0.849. The zero-order chi connectivity index (χ0) is 20.5. The number of nitro groups is 1. The van der Waals surface area contributed by atoms with Crippen LogP contribution in [-0.4, -0.2) is 23.5 Å². The third kappa shape index (κ3) is 6.43. The van der Waals surface area contributed by atoms with E-state index in [4.69, 9.17) is 4.74 Å². The van der Waals surface area contributed by atoms with Gasteiger partial charge in [0.2, 0.25) is 0 Å². The van der Waals surface area contributed by atoms with Crippen LogP contribution in [0.1, 0.15) is 23.1 Å². The minimum atomic E-state index is -0.363. The smallest absolute Gasteiger partial charge is 0.269 e. The van der Waals surface area contributed by atoms with Gasteiger partial charge < -0.3 is 4.74 Å². The van der Waals surface area contributed by atoms with E-state index < -0.39 is 0 Å². The summed E-state index contributed by atoms with van der Waals surface area (Å²) in [7, 11) is 1.67. The third-order valence-corrected chi connectivity index (χ3v) is 4.88. The van der Waals surface area contributed by atoms with Gasteiger partial charge >= 0.3 is 0 Å². The maximum absolute atomic E-state index is 10.9. The number of benzene rings is 3. The molecule has 0 saturated heterocycles. The van der Waals surface area contributed by atoms with Crippen LogP contribution < -0.4 is 4.74 Å². The first-order valence-electron chi connectivity index (χ1n) is 9.76. The number of methoxy groups -OCH3 is 1. The van der Waals surface area contributed by atoms with E-state index in [1.807, 2.05) is 30.3 Å². The molecule has 0 aliphatic heterocycles. The van der Waals surface area contributed by atoms with Gasteiger partial charge in [-0.3, -0.25) is 15.0 Å². The van der Waals surface area contributed by atoms with E-state index in [1.165, 1.54) is 11.1 Å². The third-order valence-electron chi connectivity index (χ3n) is 4.88. The van der Waals surface area contributed by atoms with Gasteiger partial charge in [0.05, 0.1) is 12.0 Å². The molecule has 3 aromatic carbocycles. The molecule has 5 heteroatoms. The number of nitro benzene ring substituents is 1. The van der Waals surface area contributed by atoms with Gasteiger partial charge in [-0.05, 0) is 48.2 Å². The quantitative estimate of drug-likeness (QED) is 0.351. The Morgan fingerprint density at radius 1 is 0.862 bits per heavy atom. The molecule has 0 atom stereocenters. The van der Waals surface area contributed by atoms with Crippen molar-refractivity contribution in [1.82, 2.24) is 4.90 Å². The minimum absolute atomic E-state index is 0.122. The van der Waals surface area contributed by atoms with E-state index in [0.29, 0.717) is 0 Å². The van der Waals surface area contributed by atoms with Crippen molar-refractivity contribution < 1.29 is 9.66 Å². The lowest BCUT2D eigenvalue weighted by molar-refractivity contribution is -0.384. The Morgan fingerprint density at radius 2 is 1.55 bits per heavy atom. The average molecular weight is 390 g/mol. The molecule has 0 heterocycles. The first kappa shape index (κ1) is 20.6. The highest BCUT2D eigenvalue weighted by molar-refractivity contribution is 5.33. The standard InChI is InChI=1S/C24H26N2O3/c1-29-24-11-5-9-22(17-24)19-25(16-6-10-20-7-3-2-4-8-20)18-21-12-14-23(15-13-21)26(27)28/h2-5,7-9,11-15,17H,6,10,16,18-19H2,1H3. The molecule has 0 spiro atoms. The fraction of sp³-hybridized carbons (Fsp3) is 0.250. The Balaban J connectivity index is 1.68. The number of ether oxygens (including phenoxy) is 1. The lowest BCUT2D eigenvalue weighted by atomic mass is 10.1. The van der Waals surface area contributed by atoms with E-state index >= 15 is 0 Å². The average Bonchev–Trinajstić information content (AvgIpc) is 2.75. The molecule has 0 aliphatic carbocycles. The fourth-order valence-corrected chi connectivity index (χ4v) is 3.38. The van der Waals surface area contributed by atoms with Gasteiger partial charge in [-0.1, -0.05) is 54.6 Å². The zero-order valence-corrected chi connectivity index (χ0v) is 16.7. The molecular formula is C24H26N2O3. The minimum Gasteiger partial charge on any atom is -0.497 e. The van der Waals surface area contributed by atoms with Crippen LogP contribution in [0.2, 0.25) is 0 Å². The zero-order valence-electron chi connectivity index (χ0n) is 16.7. The van der Waals surface area contributed by atoms with Gasteiger partial charge in [0.25, 0.3) is 5.69 Å². The van der Waals surface area contributed by atoms with Crippen molar-refractivity contribution in [3.05, 3.63) is 106 Å². The summed E-state index contributed by atoms with van der Waals surface area (Å²) in [4.78, 5) is 12.9. The van der Waals surface area contributed by atoms with E-state index in [-0.39, 0.29) is 10.6 Å². The molecule has 0 aliphatic rings. The molecule has 150 valence electrons. The Labute approximate surface area is 171 Å². The predicted octanol–water partition coefficient (Wildman–Crippen LogP) is 5.24. The molecule has 0 bridgehead atoms. The van der Waals surface area contributed by atoms with Crippen molar-refractivity contribution in [1.29, 1.82) is 0 Å². The molecule has 0 unspecified atom stereocenters. The van der Waals surface area contributed by atoms with Gasteiger partial charge in [0.15, 0.2) is 0 Å². The van der Waals surface area contributed by atoms with Crippen LogP contribution in [-0.2, 0) is 19.5 Å². The topological polar surface area (TPSA) is 55.6 Å². The highest BCUT2D eigenvalue weighted by Crippen LogP contribution is 2.18. The van der Waals surface area contributed by atoms with Gasteiger partial charge in [0, 0.05) is 25.2 Å². The Hall–Kier alpha value is -3.18. The van der Waals surface area contributed by atoms with Crippen LogP contribution in [0.5, 0.6) is 5.75 Å². The summed E-state index contributed by atoms with van der Waals surface area (Å²) in [6, 6.07) is 25.4. The van der Waals surface area contributed by atoms with Gasteiger partial charge in [-0.2, -0.15) is 0 Å². The Bertz CT molecular complexity index is 911. The Morgan fingerprint density at radius 3 is 2.24 bits per heavy atom. The molecule has 3 aromatic rings. The lowest BCUT2D eigenvalue weighted by Gasteiger charge is -2.23. The monoisotopic (exact) mass is 390 g/mol. The number of aryl methyl sites for hydroxylation is 1. The van der Waals surface area contributed by atoms with Crippen LogP contribution in [0.3, 0.4) is 0 Å². The van der Waals surface area contributed by atoms with Crippen molar-refractivity contribution in [2.75, 3.05) is 13.7 Å². The Kier molecular flexibility index (Phi) is 7.36. The first-order valence-corrected chi connectivity index (χ1v) is 9.76. The van der Waals surface area contributed by atoms with Crippen molar-refractivity contribution in [2.45, 2.75) is 25.9 Å². The molecule has 0 saturated carbocycles. The van der Waals surface area contributed by atoms with E-state index in [1.54, 1.807) is 19.2 Å². The summed E-state index contributed by atoms with van der Waals surface area (Å²) >= 11 is 0. The summed E-state index contributed by atoms with van der Waals surface area (Å²) < 4.78 is 5.35. The second kappa shape index (κ2) is 10.4. The van der Waals surface area contributed by atoms with Crippen LogP contribution in [0.15, 0.2) is 78.9 Å². The lowest BCUT2D eigenvalue weighted by Crippen LogP contribution is -2.24. The van der Waals surface area contributed by atoms with Crippen molar-refractivity contribution >= 4 is 5.69 Å². The van der Waals surface area contributed by atoms with Crippen LogP contribution in [0.4, 0.5) is 5.69 Å². The molecule has 5 nitrogen and oxygen atoms in total. The molecule has 0 aromatic heterocycles. The van der Waals surface area contributed by atoms with Crippen LogP contribution in [0, 0.1) is 10.1 Å². The van der Waals surface area contributed by atoms with Crippen molar-refractivity contribution in [3.8, 4) is 5.75 Å². The summed E-state index contributed by atoms with van der Waals surface area (Å²) in [5.41, 5.74) is 3.71. The molecule has 3 rings (SSSR count). The summed E-state index contributed by atoms with van der Waals surface area (Å²) in [6.07, 6.45) is 2.07. The fourth-order valence-electron chi connectivity index (χ4n) is 3.38. The molecule has 0 radical (unpaired) electrons. The second-order valence-corrected chi connectivity index (χ2v) is 7.07. The summed E-state index contributed by atoms with van der Waals surface area (Å²) in [5, 5.41) is 10.9. The van der Waals surface area contributed by atoms with Crippen LogP contribution in [0.25, 0.3) is 0 Å². The molecule has 0 N–H and O–H groups in total. The maximum Gasteiger partial charge on any atom is 0.269 e. The predicted molar refractivity (Wildman–Crippen MR) is 115 cm³/mol.